The lowest BCUT2D eigenvalue weighted by molar-refractivity contribution is 0.127. The molecule has 5 rings (SSSR count). The van der Waals surface area contributed by atoms with Crippen molar-refractivity contribution in [2.75, 3.05) is 33.2 Å². The van der Waals surface area contributed by atoms with E-state index in [0.717, 1.165) is 55.5 Å². The summed E-state index contributed by atoms with van der Waals surface area (Å²) < 4.78 is 42.7. The number of nitrogens with zero attached hydrogens (tertiary/aromatic N) is 3. The first-order valence-electron chi connectivity index (χ1n) is 11.3. The highest BCUT2D eigenvalue weighted by molar-refractivity contribution is 5.71. The Morgan fingerprint density at radius 2 is 1.38 bits per heavy atom. The van der Waals surface area contributed by atoms with Gasteiger partial charge in [-0.05, 0) is 54.1 Å². The smallest absolute Gasteiger partial charge is 0.131 e. The van der Waals surface area contributed by atoms with Crippen LogP contribution in [0.15, 0.2) is 73.1 Å². The molecule has 1 unspecified atom stereocenters. The molecule has 0 spiro atoms. The molecule has 0 saturated carbocycles. The number of piperazine rings is 1. The van der Waals surface area contributed by atoms with Crippen LogP contribution in [0.2, 0.25) is 0 Å². The lowest BCUT2D eigenvalue weighted by atomic mass is 9.93. The molecule has 3 aromatic carbocycles. The van der Waals surface area contributed by atoms with Crippen LogP contribution in [0.5, 0.6) is 0 Å². The summed E-state index contributed by atoms with van der Waals surface area (Å²) in [6.45, 7) is 3.71. The highest BCUT2D eigenvalue weighted by Gasteiger charge is 2.27. The normalized spacial score (nSPS) is 16.0. The molecule has 34 heavy (non-hydrogen) atoms. The standard InChI is InChI=1S/C27H25F3N4/c1-33-10-12-34(13-11-33)27(21-16-31-32-17-21)20-6-8-25(29)23(14-20)18-2-4-19(5-3-18)24-15-22(28)7-9-26(24)30/h2-9,14-17,27H,10-13H2,1H3,(H,31,32). The van der Waals surface area contributed by atoms with Crippen LogP contribution in [-0.4, -0.2) is 53.2 Å². The molecule has 1 aliphatic rings. The molecular weight excluding hydrogens is 437 g/mol. The Labute approximate surface area is 196 Å². The molecule has 7 heteroatoms. The van der Waals surface area contributed by atoms with Gasteiger partial charge in [-0.2, -0.15) is 5.10 Å². The second-order valence-corrected chi connectivity index (χ2v) is 8.71. The molecule has 1 saturated heterocycles. The molecule has 1 atom stereocenters. The van der Waals surface area contributed by atoms with Crippen molar-refractivity contribution in [2.45, 2.75) is 6.04 Å². The molecule has 2 heterocycles. The van der Waals surface area contributed by atoms with Crippen LogP contribution in [0.4, 0.5) is 13.2 Å². The Morgan fingerprint density at radius 3 is 2.00 bits per heavy atom. The van der Waals surface area contributed by atoms with E-state index in [1.807, 2.05) is 24.5 Å². The third-order valence-corrected chi connectivity index (χ3v) is 6.48. The average Bonchev–Trinajstić information content (AvgIpc) is 3.38. The Hall–Kier alpha value is -3.42. The summed E-state index contributed by atoms with van der Waals surface area (Å²) in [5, 5.41) is 7.03. The molecule has 4 nitrogen and oxygen atoms in total. The van der Waals surface area contributed by atoms with Gasteiger partial charge in [0, 0.05) is 49.1 Å². The molecule has 0 radical (unpaired) electrons. The number of hydrogen-bond acceptors (Lipinski definition) is 3. The summed E-state index contributed by atoms with van der Waals surface area (Å²) in [6, 6.07) is 15.4. The largest absolute Gasteiger partial charge is 0.304 e. The molecule has 1 fully saturated rings. The fraction of sp³-hybridized carbons (Fsp3) is 0.222. The van der Waals surface area contributed by atoms with Crippen LogP contribution in [-0.2, 0) is 0 Å². The number of rotatable bonds is 5. The summed E-state index contributed by atoms with van der Waals surface area (Å²) >= 11 is 0. The molecule has 1 aromatic heterocycles. The van der Waals surface area contributed by atoms with Gasteiger partial charge < -0.3 is 4.90 Å². The van der Waals surface area contributed by atoms with Crippen molar-refractivity contribution in [1.82, 2.24) is 20.0 Å². The van der Waals surface area contributed by atoms with E-state index in [-0.39, 0.29) is 17.4 Å². The van der Waals surface area contributed by atoms with Crippen molar-refractivity contribution in [2.24, 2.45) is 0 Å². The first-order chi connectivity index (χ1) is 16.5. The first kappa shape index (κ1) is 22.4. The van der Waals surface area contributed by atoms with Gasteiger partial charge in [0.25, 0.3) is 0 Å². The van der Waals surface area contributed by atoms with E-state index in [1.54, 1.807) is 24.3 Å². The number of nitrogens with one attached hydrogen (secondary N) is 1. The van der Waals surface area contributed by atoms with Crippen LogP contribution in [0, 0.1) is 17.5 Å². The molecule has 1 N–H and O–H groups in total. The molecule has 0 amide bonds. The second kappa shape index (κ2) is 9.44. The zero-order valence-corrected chi connectivity index (χ0v) is 18.8. The van der Waals surface area contributed by atoms with E-state index in [2.05, 4.69) is 27.0 Å². The van der Waals surface area contributed by atoms with E-state index < -0.39 is 11.6 Å². The van der Waals surface area contributed by atoms with E-state index in [1.165, 1.54) is 6.07 Å². The van der Waals surface area contributed by atoms with Crippen molar-refractivity contribution >= 4 is 0 Å². The van der Waals surface area contributed by atoms with Gasteiger partial charge in [0.2, 0.25) is 0 Å². The number of likely N-dealkylation sites (N-methyl/N-ethyl adjacent to an activating group) is 1. The minimum absolute atomic E-state index is 0.0486. The van der Waals surface area contributed by atoms with Crippen LogP contribution in [0.3, 0.4) is 0 Å². The number of aromatic nitrogens is 2. The zero-order chi connectivity index (χ0) is 23.7. The minimum Gasteiger partial charge on any atom is -0.304 e. The Bertz CT molecular complexity index is 1260. The van der Waals surface area contributed by atoms with Crippen LogP contribution in [0.25, 0.3) is 22.3 Å². The van der Waals surface area contributed by atoms with Gasteiger partial charge in [-0.15, -0.1) is 0 Å². The van der Waals surface area contributed by atoms with Gasteiger partial charge in [0.15, 0.2) is 0 Å². The third kappa shape index (κ3) is 4.49. The van der Waals surface area contributed by atoms with E-state index in [4.69, 9.17) is 0 Å². The molecule has 4 aromatic rings. The predicted molar refractivity (Wildman–Crippen MR) is 127 cm³/mol. The van der Waals surface area contributed by atoms with Crippen LogP contribution in [0.1, 0.15) is 17.2 Å². The summed E-state index contributed by atoms with van der Waals surface area (Å²) in [5.74, 6) is -1.34. The van der Waals surface area contributed by atoms with Crippen molar-refractivity contribution in [3.8, 4) is 22.3 Å². The number of H-pyrrole nitrogens is 1. The van der Waals surface area contributed by atoms with Crippen molar-refractivity contribution in [1.29, 1.82) is 0 Å². The van der Waals surface area contributed by atoms with Crippen LogP contribution >= 0.6 is 0 Å². The molecule has 174 valence electrons. The fourth-order valence-corrected chi connectivity index (χ4v) is 4.59. The number of hydrogen-bond donors (Lipinski definition) is 1. The van der Waals surface area contributed by atoms with Gasteiger partial charge in [0.05, 0.1) is 12.2 Å². The lowest BCUT2D eigenvalue weighted by Gasteiger charge is -2.38. The summed E-state index contributed by atoms with van der Waals surface area (Å²) in [4.78, 5) is 4.68. The van der Waals surface area contributed by atoms with E-state index >= 15 is 0 Å². The average molecular weight is 463 g/mol. The second-order valence-electron chi connectivity index (χ2n) is 8.71. The fourth-order valence-electron chi connectivity index (χ4n) is 4.59. The van der Waals surface area contributed by atoms with Crippen molar-refractivity contribution < 1.29 is 13.2 Å². The molecule has 1 aliphatic heterocycles. The monoisotopic (exact) mass is 462 g/mol. The highest BCUT2D eigenvalue weighted by Crippen LogP contribution is 2.34. The van der Waals surface area contributed by atoms with Gasteiger partial charge in [-0.1, -0.05) is 30.3 Å². The Morgan fingerprint density at radius 1 is 0.765 bits per heavy atom. The van der Waals surface area contributed by atoms with Crippen molar-refractivity contribution in [3.05, 3.63) is 102 Å². The van der Waals surface area contributed by atoms with Gasteiger partial charge in [-0.3, -0.25) is 10.00 Å². The first-order valence-corrected chi connectivity index (χ1v) is 11.3. The Kier molecular flexibility index (Phi) is 6.22. The summed E-state index contributed by atoms with van der Waals surface area (Å²) in [7, 11) is 2.11. The number of halogens is 3. The molecule has 0 aliphatic carbocycles. The summed E-state index contributed by atoms with van der Waals surface area (Å²) in [6.07, 6.45) is 3.70. The van der Waals surface area contributed by atoms with Gasteiger partial charge >= 0.3 is 0 Å². The maximum absolute atomic E-state index is 14.9. The quantitative estimate of drug-likeness (QED) is 0.426. The molecular formula is C27H25F3N4. The maximum atomic E-state index is 14.9. The third-order valence-electron chi connectivity index (χ3n) is 6.48. The Balaban J connectivity index is 1.50. The van der Waals surface area contributed by atoms with Gasteiger partial charge in [0.1, 0.15) is 17.5 Å². The molecule has 0 bridgehead atoms. The van der Waals surface area contributed by atoms with E-state index in [0.29, 0.717) is 16.7 Å². The topological polar surface area (TPSA) is 35.2 Å². The SMILES string of the molecule is CN1CCN(C(c2cn[nH]c2)c2ccc(F)c(-c3ccc(-c4cc(F)ccc4F)cc3)c2)CC1. The van der Waals surface area contributed by atoms with E-state index in [9.17, 15) is 13.2 Å². The van der Waals surface area contributed by atoms with Gasteiger partial charge in [-0.25, -0.2) is 13.2 Å². The minimum atomic E-state index is -0.506. The lowest BCUT2D eigenvalue weighted by Crippen LogP contribution is -2.46. The zero-order valence-electron chi connectivity index (χ0n) is 18.8. The predicted octanol–water partition coefficient (Wildman–Crippen LogP) is 5.50. The number of aromatic amines is 1. The maximum Gasteiger partial charge on any atom is 0.131 e. The summed E-state index contributed by atoms with van der Waals surface area (Å²) in [5.41, 5.74) is 3.85. The van der Waals surface area contributed by atoms with Crippen LogP contribution < -0.4 is 0 Å². The number of benzene rings is 3. The van der Waals surface area contributed by atoms with Crippen molar-refractivity contribution in [3.63, 3.8) is 0 Å². The highest BCUT2D eigenvalue weighted by atomic mass is 19.1.